The van der Waals surface area contributed by atoms with Crippen LogP contribution in [0.1, 0.15) is 31.2 Å². The maximum Gasteiger partial charge on any atom is 0.156 e. The number of rotatable bonds is 8. The van der Waals surface area contributed by atoms with Crippen LogP contribution in [0.15, 0.2) is 12.1 Å². The Hall–Kier alpha value is 0.180. The number of unbranched alkanes of at least 4 members (excludes halogenated alkanes) is 3. The molecule has 0 atom stereocenters. The van der Waals surface area contributed by atoms with Gasteiger partial charge in [0.05, 0.1) is 16.7 Å². The molecule has 1 aromatic rings. The molecule has 102 valence electrons. The van der Waals surface area contributed by atoms with Gasteiger partial charge in [-0.25, -0.2) is 0 Å². The monoisotopic (exact) mass is 328 g/mol. The molecule has 1 aromatic carbocycles. The molecule has 0 saturated carbocycles. The molecule has 0 aliphatic carbocycles. The summed E-state index contributed by atoms with van der Waals surface area (Å²) in [6.45, 7) is 0.613. The minimum atomic E-state index is 0.387. The average Bonchev–Trinajstić information content (AvgIpc) is 2.35. The summed E-state index contributed by atoms with van der Waals surface area (Å²) >= 11 is 23.5. The van der Waals surface area contributed by atoms with Crippen LogP contribution in [-0.4, -0.2) is 12.5 Å². The smallest absolute Gasteiger partial charge is 0.156 e. The highest BCUT2D eigenvalue weighted by Gasteiger charge is 2.09. The Morgan fingerprint density at radius 3 is 2.06 bits per heavy atom. The first-order chi connectivity index (χ1) is 8.69. The van der Waals surface area contributed by atoms with E-state index in [0.717, 1.165) is 37.1 Å². The molecule has 0 radical (unpaired) electrons. The molecule has 1 nitrogen and oxygen atoms in total. The molecule has 0 aliphatic rings. The lowest BCUT2D eigenvalue weighted by Crippen LogP contribution is -1.99. The van der Waals surface area contributed by atoms with Gasteiger partial charge in [-0.1, -0.05) is 36.0 Å². The second kappa shape index (κ2) is 9.14. The van der Waals surface area contributed by atoms with E-state index in [1.807, 2.05) is 0 Å². The Morgan fingerprint density at radius 2 is 1.50 bits per heavy atom. The molecule has 0 aliphatic heterocycles. The molecule has 0 amide bonds. The molecule has 0 spiro atoms. The maximum absolute atomic E-state index is 6.09. The fourth-order valence-corrected chi connectivity index (χ4v) is 2.54. The highest BCUT2D eigenvalue weighted by Crippen LogP contribution is 2.34. The van der Waals surface area contributed by atoms with Crippen LogP contribution < -0.4 is 4.74 Å². The molecule has 0 fully saturated rings. The van der Waals surface area contributed by atoms with Gasteiger partial charge in [0, 0.05) is 11.8 Å². The van der Waals surface area contributed by atoms with E-state index in [4.69, 9.17) is 51.1 Å². The largest absolute Gasteiger partial charge is 0.490 e. The number of alkyl halides is 2. The Morgan fingerprint density at radius 1 is 0.889 bits per heavy atom. The third kappa shape index (κ3) is 5.44. The third-order valence-electron chi connectivity index (χ3n) is 2.49. The molecular formula is C13H16Cl4O. The summed E-state index contributed by atoms with van der Waals surface area (Å²) in [5, 5.41) is 1.03. The zero-order chi connectivity index (χ0) is 13.4. The molecule has 1 rings (SSSR count). The minimum absolute atomic E-state index is 0.387. The van der Waals surface area contributed by atoms with E-state index < -0.39 is 0 Å². The van der Waals surface area contributed by atoms with Gasteiger partial charge in [-0.3, -0.25) is 0 Å². The first-order valence-electron chi connectivity index (χ1n) is 5.91. The first-order valence-corrected chi connectivity index (χ1v) is 7.74. The topological polar surface area (TPSA) is 9.23 Å². The second-order valence-electron chi connectivity index (χ2n) is 3.97. The van der Waals surface area contributed by atoms with Crippen molar-refractivity contribution in [1.82, 2.24) is 0 Å². The lowest BCUT2D eigenvalue weighted by atomic mass is 10.2. The van der Waals surface area contributed by atoms with E-state index >= 15 is 0 Å². The van der Waals surface area contributed by atoms with Crippen LogP contribution in [0.3, 0.4) is 0 Å². The fourth-order valence-electron chi connectivity index (χ4n) is 1.55. The Bertz CT molecular complexity index is 345. The summed E-state index contributed by atoms with van der Waals surface area (Å²) in [5.74, 6) is 1.65. The molecule has 18 heavy (non-hydrogen) atoms. The zero-order valence-corrected chi connectivity index (χ0v) is 13.0. The van der Waals surface area contributed by atoms with E-state index in [-0.39, 0.29) is 0 Å². The number of halogens is 4. The van der Waals surface area contributed by atoms with Crippen molar-refractivity contribution in [3.63, 3.8) is 0 Å². The normalized spacial score (nSPS) is 10.7. The first kappa shape index (κ1) is 16.2. The summed E-state index contributed by atoms with van der Waals surface area (Å²) in [7, 11) is 0. The van der Waals surface area contributed by atoms with Gasteiger partial charge in [-0.15, -0.1) is 23.2 Å². The molecule has 0 saturated heterocycles. The summed E-state index contributed by atoms with van der Waals surface area (Å²) in [6, 6.07) is 3.56. The summed E-state index contributed by atoms with van der Waals surface area (Å²) in [6.07, 6.45) is 4.25. The van der Waals surface area contributed by atoms with E-state index in [1.165, 1.54) is 0 Å². The van der Waals surface area contributed by atoms with Crippen LogP contribution in [0.5, 0.6) is 5.75 Å². The quantitative estimate of drug-likeness (QED) is 0.425. The predicted octanol–water partition coefficient (Wildman–Crippen LogP) is 5.91. The van der Waals surface area contributed by atoms with Crippen LogP contribution >= 0.6 is 46.4 Å². The fraction of sp³-hybridized carbons (Fsp3) is 0.538. The maximum atomic E-state index is 6.09. The van der Waals surface area contributed by atoms with Gasteiger partial charge >= 0.3 is 0 Å². The van der Waals surface area contributed by atoms with Gasteiger partial charge in [0.25, 0.3) is 0 Å². The van der Waals surface area contributed by atoms with Crippen LogP contribution in [0.4, 0.5) is 0 Å². The van der Waals surface area contributed by atoms with E-state index in [0.29, 0.717) is 28.3 Å². The Labute approximate surface area is 128 Å². The van der Waals surface area contributed by atoms with Crippen molar-refractivity contribution in [3.8, 4) is 5.75 Å². The van der Waals surface area contributed by atoms with Crippen molar-refractivity contribution < 1.29 is 4.74 Å². The van der Waals surface area contributed by atoms with Gasteiger partial charge in [0.2, 0.25) is 0 Å². The van der Waals surface area contributed by atoms with Gasteiger partial charge in [-0.2, -0.15) is 0 Å². The van der Waals surface area contributed by atoms with Crippen molar-refractivity contribution >= 4 is 46.4 Å². The third-order valence-corrected chi connectivity index (χ3v) is 3.62. The number of hydrogen-bond donors (Lipinski definition) is 0. The molecule has 5 heteroatoms. The summed E-state index contributed by atoms with van der Waals surface area (Å²) < 4.78 is 5.61. The highest BCUT2D eigenvalue weighted by atomic mass is 35.5. The van der Waals surface area contributed by atoms with Gasteiger partial charge in [0.1, 0.15) is 0 Å². The molecule has 0 unspecified atom stereocenters. The molecule has 0 bridgehead atoms. The highest BCUT2D eigenvalue weighted by molar-refractivity contribution is 6.37. The van der Waals surface area contributed by atoms with Crippen LogP contribution in [0.25, 0.3) is 0 Å². The van der Waals surface area contributed by atoms with Crippen LogP contribution in [0, 0.1) is 0 Å². The zero-order valence-electron chi connectivity index (χ0n) is 10.0. The minimum Gasteiger partial charge on any atom is -0.490 e. The summed E-state index contributed by atoms with van der Waals surface area (Å²) in [4.78, 5) is 0. The van der Waals surface area contributed by atoms with Crippen LogP contribution in [-0.2, 0) is 5.88 Å². The van der Waals surface area contributed by atoms with Gasteiger partial charge in [-0.05, 0) is 30.5 Å². The molecular weight excluding hydrogens is 314 g/mol. The lowest BCUT2D eigenvalue weighted by molar-refractivity contribution is 0.305. The van der Waals surface area contributed by atoms with Crippen molar-refractivity contribution in [2.75, 3.05) is 12.5 Å². The Balaban J connectivity index is 2.42. The average molecular weight is 330 g/mol. The summed E-state index contributed by atoms with van der Waals surface area (Å²) in [5.41, 5.74) is 0.890. The van der Waals surface area contributed by atoms with Crippen LogP contribution in [0.2, 0.25) is 10.0 Å². The lowest BCUT2D eigenvalue weighted by Gasteiger charge is -2.11. The SMILES string of the molecule is ClCCCCCCOc1c(Cl)cc(CCl)cc1Cl. The Kier molecular flexibility index (Phi) is 8.25. The molecule has 0 N–H and O–H groups in total. The molecule has 0 aromatic heterocycles. The standard InChI is InChI=1S/C13H16Cl4O/c14-5-3-1-2-4-6-18-13-11(16)7-10(9-15)8-12(13)17/h7-8H,1-6,9H2. The van der Waals surface area contributed by atoms with Gasteiger partial charge < -0.3 is 4.74 Å². The number of hydrogen-bond acceptors (Lipinski definition) is 1. The number of benzene rings is 1. The van der Waals surface area contributed by atoms with Crippen molar-refractivity contribution in [2.45, 2.75) is 31.6 Å². The van der Waals surface area contributed by atoms with Crippen molar-refractivity contribution in [1.29, 1.82) is 0 Å². The van der Waals surface area contributed by atoms with E-state index in [9.17, 15) is 0 Å². The van der Waals surface area contributed by atoms with Crippen molar-refractivity contribution in [2.24, 2.45) is 0 Å². The van der Waals surface area contributed by atoms with Crippen molar-refractivity contribution in [3.05, 3.63) is 27.7 Å². The van der Waals surface area contributed by atoms with E-state index in [1.54, 1.807) is 12.1 Å². The predicted molar refractivity (Wildman–Crippen MR) is 80.7 cm³/mol. The molecule has 0 heterocycles. The van der Waals surface area contributed by atoms with E-state index in [2.05, 4.69) is 0 Å². The van der Waals surface area contributed by atoms with Gasteiger partial charge in [0.15, 0.2) is 5.75 Å². The number of ether oxygens (including phenoxy) is 1. The second-order valence-corrected chi connectivity index (χ2v) is 5.43.